The van der Waals surface area contributed by atoms with Crippen molar-refractivity contribution >= 4 is 51.5 Å². The Labute approximate surface area is 167 Å². The number of benzene rings is 2. The number of hydrogen-bond acceptors (Lipinski definition) is 3. The van der Waals surface area contributed by atoms with Crippen LogP contribution in [0.2, 0.25) is 10.0 Å². The fraction of sp³-hybridized carbons (Fsp3) is 0.294. The first-order valence-electron chi connectivity index (χ1n) is 7.19. The molecule has 0 aliphatic carbocycles. The van der Waals surface area contributed by atoms with Crippen LogP contribution in [0.15, 0.2) is 34.8 Å². The molecule has 0 amide bonds. The Morgan fingerprint density at radius 2 is 1.92 bits per heavy atom. The first-order valence-corrected chi connectivity index (χ1v) is 8.74. The van der Waals surface area contributed by atoms with Crippen LogP contribution in [0.5, 0.6) is 11.5 Å². The van der Waals surface area contributed by atoms with Gasteiger partial charge in [0.05, 0.1) is 11.6 Å². The van der Waals surface area contributed by atoms with Crippen molar-refractivity contribution in [2.24, 2.45) is 0 Å². The molecule has 0 bridgehead atoms. The van der Waals surface area contributed by atoms with E-state index in [1.54, 1.807) is 19.2 Å². The SMILES string of the molecule is CCNCc1cc(Br)c(OCc2ccc(Cl)cc2Cl)c(OC)c1.Cl. The molecule has 2 aromatic carbocycles. The smallest absolute Gasteiger partial charge is 0.175 e. The van der Waals surface area contributed by atoms with Gasteiger partial charge >= 0.3 is 0 Å². The molecule has 0 fully saturated rings. The Morgan fingerprint density at radius 1 is 1.17 bits per heavy atom. The van der Waals surface area contributed by atoms with Crippen molar-refractivity contribution in [3.05, 3.63) is 56.0 Å². The van der Waals surface area contributed by atoms with Crippen molar-refractivity contribution in [1.82, 2.24) is 5.32 Å². The minimum absolute atomic E-state index is 0. The van der Waals surface area contributed by atoms with Gasteiger partial charge in [-0.15, -0.1) is 12.4 Å². The summed E-state index contributed by atoms with van der Waals surface area (Å²) in [5.41, 5.74) is 1.98. The van der Waals surface area contributed by atoms with Crippen molar-refractivity contribution in [3.8, 4) is 11.5 Å². The first kappa shape index (κ1) is 21.4. The Bertz CT molecular complexity index is 683. The second-order valence-corrected chi connectivity index (χ2v) is 6.61. The normalized spacial score (nSPS) is 10.2. The zero-order chi connectivity index (χ0) is 16.8. The molecule has 0 unspecified atom stereocenters. The van der Waals surface area contributed by atoms with Crippen molar-refractivity contribution < 1.29 is 9.47 Å². The zero-order valence-corrected chi connectivity index (χ0v) is 17.3. The molecule has 0 aliphatic rings. The fourth-order valence-corrected chi connectivity index (χ4v) is 3.14. The predicted octanol–water partition coefficient (Wildman–Crippen LogP) is 5.87. The van der Waals surface area contributed by atoms with E-state index in [-0.39, 0.29) is 12.4 Å². The fourth-order valence-electron chi connectivity index (χ4n) is 2.07. The van der Waals surface area contributed by atoms with Crippen LogP contribution in [-0.4, -0.2) is 13.7 Å². The van der Waals surface area contributed by atoms with E-state index in [1.165, 1.54) is 0 Å². The molecule has 0 saturated carbocycles. The van der Waals surface area contributed by atoms with Crippen molar-refractivity contribution in [1.29, 1.82) is 0 Å². The average molecular weight is 456 g/mol. The second kappa shape index (κ2) is 10.4. The zero-order valence-electron chi connectivity index (χ0n) is 13.4. The molecule has 3 nitrogen and oxygen atoms in total. The molecule has 2 aromatic rings. The van der Waals surface area contributed by atoms with E-state index in [1.807, 2.05) is 18.2 Å². The maximum atomic E-state index is 6.18. The first-order chi connectivity index (χ1) is 11.0. The van der Waals surface area contributed by atoms with Crippen LogP contribution in [0, 0.1) is 0 Å². The summed E-state index contributed by atoms with van der Waals surface area (Å²) >= 11 is 15.6. The van der Waals surface area contributed by atoms with Crippen LogP contribution in [0.1, 0.15) is 18.1 Å². The summed E-state index contributed by atoms with van der Waals surface area (Å²) in [6.45, 7) is 4.08. The summed E-state index contributed by atoms with van der Waals surface area (Å²) in [7, 11) is 1.63. The third kappa shape index (κ3) is 5.71. The van der Waals surface area contributed by atoms with Gasteiger partial charge in [-0.25, -0.2) is 0 Å². The lowest BCUT2D eigenvalue weighted by Gasteiger charge is -2.15. The lowest BCUT2D eigenvalue weighted by Crippen LogP contribution is -2.12. The summed E-state index contributed by atoms with van der Waals surface area (Å²) < 4.78 is 12.2. The Morgan fingerprint density at radius 3 is 2.54 bits per heavy atom. The van der Waals surface area contributed by atoms with Gasteiger partial charge in [0, 0.05) is 22.2 Å². The van der Waals surface area contributed by atoms with Gasteiger partial charge in [-0.3, -0.25) is 0 Å². The van der Waals surface area contributed by atoms with Gasteiger partial charge < -0.3 is 14.8 Å². The van der Waals surface area contributed by atoms with Gasteiger partial charge in [-0.05, 0) is 52.3 Å². The number of halogens is 4. The minimum Gasteiger partial charge on any atom is -0.493 e. The molecule has 7 heteroatoms. The third-order valence-electron chi connectivity index (χ3n) is 3.26. The van der Waals surface area contributed by atoms with Gasteiger partial charge in [0.1, 0.15) is 6.61 Å². The van der Waals surface area contributed by atoms with Crippen molar-refractivity contribution in [2.45, 2.75) is 20.1 Å². The second-order valence-electron chi connectivity index (χ2n) is 4.91. The van der Waals surface area contributed by atoms with Crippen LogP contribution in [0.3, 0.4) is 0 Å². The number of rotatable bonds is 7. The van der Waals surface area contributed by atoms with Gasteiger partial charge in [0.2, 0.25) is 0 Å². The molecule has 0 aliphatic heterocycles. The number of ether oxygens (including phenoxy) is 2. The highest BCUT2D eigenvalue weighted by Gasteiger charge is 2.13. The molecule has 24 heavy (non-hydrogen) atoms. The Balaban J connectivity index is 0.00000288. The molecule has 0 aromatic heterocycles. The largest absolute Gasteiger partial charge is 0.493 e. The van der Waals surface area contributed by atoms with E-state index in [4.69, 9.17) is 32.7 Å². The van der Waals surface area contributed by atoms with Crippen LogP contribution in [0.4, 0.5) is 0 Å². The Kier molecular flexibility index (Phi) is 9.24. The molecular weight excluding hydrogens is 436 g/mol. The predicted molar refractivity (Wildman–Crippen MR) is 106 cm³/mol. The monoisotopic (exact) mass is 453 g/mol. The van der Waals surface area contributed by atoms with Crippen LogP contribution >= 0.6 is 51.5 Å². The van der Waals surface area contributed by atoms with E-state index < -0.39 is 0 Å². The molecule has 0 saturated heterocycles. The van der Waals surface area contributed by atoms with Gasteiger partial charge in [0.15, 0.2) is 11.5 Å². The summed E-state index contributed by atoms with van der Waals surface area (Å²) in [6.07, 6.45) is 0. The number of hydrogen-bond donors (Lipinski definition) is 1. The quantitative estimate of drug-likeness (QED) is 0.566. The summed E-state index contributed by atoms with van der Waals surface area (Å²) in [5, 5.41) is 4.47. The lowest BCUT2D eigenvalue weighted by atomic mass is 10.2. The van der Waals surface area contributed by atoms with E-state index in [0.29, 0.717) is 28.2 Å². The van der Waals surface area contributed by atoms with Crippen LogP contribution in [-0.2, 0) is 13.2 Å². The summed E-state index contributed by atoms with van der Waals surface area (Å²) in [6, 6.07) is 9.33. The van der Waals surface area contributed by atoms with Gasteiger partial charge in [-0.1, -0.05) is 36.2 Å². The Hall–Kier alpha value is -0.650. The molecule has 0 spiro atoms. The van der Waals surface area contributed by atoms with Crippen molar-refractivity contribution in [3.63, 3.8) is 0 Å². The van der Waals surface area contributed by atoms with Crippen molar-refractivity contribution in [2.75, 3.05) is 13.7 Å². The standard InChI is InChI=1S/C17H18BrCl2NO2.ClH/c1-3-21-9-11-6-14(18)17(16(7-11)22-2)23-10-12-4-5-13(19)8-15(12)20;/h4-8,21H,3,9-10H2,1-2H3;1H. The highest BCUT2D eigenvalue weighted by molar-refractivity contribution is 9.10. The molecular formula is C17H19BrCl3NO2. The van der Waals surface area contributed by atoms with Gasteiger partial charge in [0.25, 0.3) is 0 Å². The third-order valence-corrected chi connectivity index (χ3v) is 4.43. The topological polar surface area (TPSA) is 30.5 Å². The molecule has 2 rings (SSSR count). The average Bonchev–Trinajstić information content (AvgIpc) is 2.52. The number of methoxy groups -OCH3 is 1. The molecule has 0 heterocycles. The highest BCUT2D eigenvalue weighted by atomic mass is 79.9. The molecule has 0 atom stereocenters. The maximum absolute atomic E-state index is 6.18. The van der Waals surface area contributed by atoms with Gasteiger partial charge in [-0.2, -0.15) is 0 Å². The lowest BCUT2D eigenvalue weighted by molar-refractivity contribution is 0.282. The maximum Gasteiger partial charge on any atom is 0.175 e. The number of nitrogens with one attached hydrogen (secondary N) is 1. The minimum atomic E-state index is 0. The van der Waals surface area contributed by atoms with Crippen LogP contribution in [0.25, 0.3) is 0 Å². The highest BCUT2D eigenvalue weighted by Crippen LogP contribution is 2.37. The molecule has 1 N–H and O–H groups in total. The van der Waals surface area contributed by atoms with E-state index in [0.717, 1.165) is 28.7 Å². The van der Waals surface area contributed by atoms with Crippen LogP contribution < -0.4 is 14.8 Å². The molecule has 132 valence electrons. The molecule has 0 radical (unpaired) electrons. The van der Waals surface area contributed by atoms with E-state index >= 15 is 0 Å². The summed E-state index contributed by atoms with van der Waals surface area (Å²) in [4.78, 5) is 0. The summed E-state index contributed by atoms with van der Waals surface area (Å²) in [5.74, 6) is 1.33. The van der Waals surface area contributed by atoms with E-state index in [9.17, 15) is 0 Å². The van der Waals surface area contributed by atoms with E-state index in [2.05, 4.69) is 28.2 Å².